The number of hydrogen-bond acceptors (Lipinski definition) is 3. The summed E-state index contributed by atoms with van der Waals surface area (Å²) in [7, 11) is -3.73. The van der Waals surface area contributed by atoms with E-state index in [9.17, 15) is 13.6 Å². The van der Waals surface area contributed by atoms with Crippen molar-refractivity contribution in [3.05, 3.63) is 70.9 Å². The molecule has 128 valence electrons. The average Bonchev–Trinajstić information content (AvgIpc) is 2.53. The summed E-state index contributed by atoms with van der Waals surface area (Å²) in [6, 6.07) is 15.7. The van der Waals surface area contributed by atoms with Gasteiger partial charge in [-0.2, -0.15) is 0 Å². The third kappa shape index (κ3) is 4.66. The summed E-state index contributed by atoms with van der Waals surface area (Å²) < 4.78 is 28.5. The van der Waals surface area contributed by atoms with Gasteiger partial charge in [0.25, 0.3) is 0 Å². The highest BCUT2D eigenvalue weighted by Crippen LogP contribution is 2.15. The molecule has 0 bridgehead atoms. The summed E-state index contributed by atoms with van der Waals surface area (Å²) >= 11 is 0. The molecule has 0 saturated heterocycles. The SMILES string of the molecule is CC(C)(C)/[N+]([O-])=C/c1ccccc1S(=O)(=O)NCc1ccccc1. The molecule has 1 N–H and O–H groups in total. The molecule has 0 aliphatic carbocycles. The lowest BCUT2D eigenvalue weighted by atomic mass is 10.1. The van der Waals surface area contributed by atoms with Gasteiger partial charge in [0.2, 0.25) is 10.0 Å². The Bertz CT molecular complexity index is 823. The van der Waals surface area contributed by atoms with Crippen LogP contribution in [0.1, 0.15) is 31.9 Å². The Hall–Kier alpha value is -2.18. The first-order valence-corrected chi connectivity index (χ1v) is 9.12. The molecule has 24 heavy (non-hydrogen) atoms. The van der Waals surface area contributed by atoms with Crippen molar-refractivity contribution >= 4 is 16.2 Å². The van der Waals surface area contributed by atoms with E-state index in [-0.39, 0.29) is 11.4 Å². The Morgan fingerprint density at radius 1 is 1.04 bits per heavy atom. The maximum atomic E-state index is 12.6. The third-order valence-electron chi connectivity index (χ3n) is 3.44. The quantitative estimate of drug-likeness (QED) is 0.392. The zero-order valence-corrected chi connectivity index (χ0v) is 14.9. The predicted octanol–water partition coefficient (Wildman–Crippen LogP) is 2.89. The molecule has 2 aromatic rings. The van der Waals surface area contributed by atoms with Gasteiger partial charge in [-0.05, 0) is 17.7 Å². The minimum absolute atomic E-state index is 0.0889. The van der Waals surface area contributed by atoms with Crippen LogP contribution in [0.4, 0.5) is 0 Å². The Kier molecular flexibility index (Phi) is 5.41. The van der Waals surface area contributed by atoms with Gasteiger partial charge in [0.1, 0.15) is 0 Å². The minimum Gasteiger partial charge on any atom is -0.623 e. The molecule has 2 aromatic carbocycles. The summed E-state index contributed by atoms with van der Waals surface area (Å²) in [5.41, 5.74) is 0.583. The molecule has 5 nitrogen and oxygen atoms in total. The van der Waals surface area contributed by atoms with Crippen LogP contribution in [-0.4, -0.2) is 24.9 Å². The van der Waals surface area contributed by atoms with Crippen molar-refractivity contribution in [2.24, 2.45) is 0 Å². The third-order valence-corrected chi connectivity index (χ3v) is 4.91. The van der Waals surface area contributed by atoms with E-state index >= 15 is 0 Å². The van der Waals surface area contributed by atoms with E-state index in [4.69, 9.17) is 0 Å². The Morgan fingerprint density at radius 3 is 2.25 bits per heavy atom. The summed E-state index contributed by atoms with van der Waals surface area (Å²) in [5.74, 6) is 0. The largest absolute Gasteiger partial charge is 0.623 e. The molecule has 0 aromatic heterocycles. The van der Waals surface area contributed by atoms with E-state index in [2.05, 4.69) is 4.72 Å². The number of benzene rings is 2. The molecule has 0 amide bonds. The summed E-state index contributed by atoms with van der Waals surface area (Å²) in [6.45, 7) is 5.49. The van der Waals surface area contributed by atoms with Gasteiger partial charge in [0.05, 0.1) is 10.5 Å². The first kappa shape index (κ1) is 18.2. The zero-order chi connectivity index (χ0) is 17.8. The van der Waals surface area contributed by atoms with E-state index in [0.29, 0.717) is 5.56 Å². The normalized spacial score (nSPS) is 13.0. The lowest BCUT2D eigenvalue weighted by Crippen LogP contribution is -2.30. The Labute approximate surface area is 143 Å². The number of nitrogens with one attached hydrogen (secondary N) is 1. The van der Waals surface area contributed by atoms with Crippen LogP contribution >= 0.6 is 0 Å². The van der Waals surface area contributed by atoms with Crippen LogP contribution in [0.5, 0.6) is 0 Å². The molecule has 0 unspecified atom stereocenters. The van der Waals surface area contributed by atoms with Crippen LogP contribution in [0.15, 0.2) is 59.5 Å². The van der Waals surface area contributed by atoms with Crippen molar-refractivity contribution in [2.75, 3.05) is 0 Å². The van der Waals surface area contributed by atoms with Crippen LogP contribution in [-0.2, 0) is 16.6 Å². The van der Waals surface area contributed by atoms with E-state index in [1.54, 1.807) is 39.0 Å². The van der Waals surface area contributed by atoms with Crippen molar-refractivity contribution < 1.29 is 13.2 Å². The van der Waals surface area contributed by atoms with Gasteiger partial charge in [-0.25, -0.2) is 17.9 Å². The predicted molar refractivity (Wildman–Crippen MR) is 95.5 cm³/mol. The highest BCUT2D eigenvalue weighted by Gasteiger charge is 2.22. The first-order chi connectivity index (χ1) is 11.2. The molecule has 0 aliphatic rings. The van der Waals surface area contributed by atoms with E-state index < -0.39 is 15.6 Å². The van der Waals surface area contributed by atoms with Crippen LogP contribution in [0.3, 0.4) is 0 Å². The van der Waals surface area contributed by atoms with E-state index in [1.807, 2.05) is 30.3 Å². The highest BCUT2D eigenvalue weighted by atomic mass is 32.2. The lowest BCUT2D eigenvalue weighted by molar-refractivity contribution is -0.530. The Morgan fingerprint density at radius 2 is 1.62 bits per heavy atom. The van der Waals surface area contributed by atoms with Crippen molar-refractivity contribution in [1.29, 1.82) is 0 Å². The molecule has 0 heterocycles. The van der Waals surface area contributed by atoms with Crippen LogP contribution in [0.2, 0.25) is 0 Å². The van der Waals surface area contributed by atoms with E-state index in [1.165, 1.54) is 12.3 Å². The standard InChI is InChI=1S/C18H22N2O3S/c1-18(2,3)20(21)14-16-11-7-8-12-17(16)24(22,23)19-13-15-9-5-4-6-10-15/h4-12,14,19H,13H2,1-3H3/b20-14-. The van der Waals surface area contributed by atoms with Crippen LogP contribution < -0.4 is 4.72 Å². The number of hydroxylamine groups is 1. The van der Waals surface area contributed by atoms with Gasteiger partial charge in [-0.3, -0.25) is 0 Å². The summed E-state index contributed by atoms with van der Waals surface area (Å²) in [6.07, 6.45) is 1.32. The maximum absolute atomic E-state index is 12.6. The second kappa shape index (κ2) is 7.15. The topological polar surface area (TPSA) is 72.2 Å². The molecular formula is C18H22N2O3S. The molecule has 6 heteroatoms. The molecule has 0 spiro atoms. The van der Waals surface area contributed by atoms with Gasteiger partial charge in [0.15, 0.2) is 11.8 Å². The minimum atomic E-state index is -3.73. The fourth-order valence-electron chi connectivity index (χ4n) is 2.00. The smallest absolute Gasteiger partial charge is 0.241 e. The second-order valence-corrected chi connectivity index (χ2v) is 8.21. The van der Waals surface area contributed by atoms with Crippen LogP contribution in [0.25, 0.3) is 0 Å². The molecule has 2 rings (SSSR count). The van der Waals surface area contributed by atoms with Gasteiger partial charge < -0.3 is 5.21 Å². The highest BCUT2D eigenvalue weighted by molar-refractivity contribution is 7.89. The summed E-state index contributed by atoms with van der Waals surface area (Å²) in [5, 5.41) is 12.1. The fourth-order valence-corrected chi connectivity index (χ4v) is 3.20. The first-order valence-electron chi connectivity index (χ1n) is 7.64. The molecule has 0 saturated carbocycles. The second-order valence-electron chi connectivity index (χ2n) is 6.47. The van der Waals surface area contributed by atoms with Crippen molar-refractivity contribution in [3.63, 3.8) is 0 Å². The van der Waals surface area contributed by atoms with Gasteiger partial charge in [-0.1, -0.05) is 42.5 Å². The molecule has 0 radical (unpaired) electrons. The number of rotatable bonds is 5. The molecule has 0 aliphatic heterocycles. The zero-order valence-electron chi connectivity index (χ0n) is 14.1. The average molecular weight is 346 g/mol. The lowest BCUT2D eigenvalue weighted by Gasteiger charge is -2.19. The number of nitrogens with zero attached hydrogens (tertiary/aromatic N) is 1. The molecule has 0 fully saturated rings. The molecular weight excluding hydrogens is 324 g/mol. The van der Waals surface area contributed by atoms with Crippen molar-refractivity contribution in [1.82, 2.24) is 4.72 Å². The number of hydrogen-bond donors (Lipinski definition) is 1. The monoisotopic (exact) mass is 346 g/mol. The maximum Gasteiger partial charge on any atom is 0.241 e. The van der Waals surface area contributed by atoms with Crippen LogP contribution in [0, 0.1) is 5.21 Å². The van der Waals surface area contributed by atoms with Crippen molar-refractivity contribution in [3.8, 4) is 0 Å². The Balaban J connectivity index is 2.31. The fraction of sp³-hybridized carbons (Fsp3) is 0.278. The van der Waals surface area contributed by atoms with Gasteiger partial charge in [0, 0.05) is 27.3 Å². The molecule has 0 atom stereocenters. The van der Waals surface area contributed by atoms with Crippen molar-refractivity contribution in [2.45, 2.75) is 37.8 Å². The van der Waals surface area contributed by atoms with Gasteiger partial charge >= 0.3 is 0 Å². The number of sulfonamides is 1. The summed E-state index contributed by atoms with van der Waals surface area (Å²) in [4.78, 5) is 0.0889. The van der Waals surface area contributed by atoms with E-state index in [0.717, 1.165) is 10.3 Å². The van der Waals surface area contributed by atoms with Gasteiger partial charge in [-0.15, -0.1) is 0 Å².